The van der Waals surface area contributed by atoms with Gasteiger partial charge in [-0.1, -0.05) is 38.0 Å². The van der Waals surface area contributed by atoms with Gasteiger partial charge in [0.2, 0.25) is 0 Å². The van der Waals surface area contributed by atoms with Gasteiger partial charge in [0.25, 0.3) is 0 Å². The monoisotopic (exact) mass is 360 g/mol. The number of ketones is 1. The Bertz CT molecular complexity index is 592. The van der Waals surface area contributed by atoms with Crippen LogP contribution in [0.2, 0.25) is 18.1 Å². The molecule has 0 spiro atoms. The van der Waals surface area contributed by atoms with Crippen LogP contribution in [0.4, 0.5) is 0 Å². The third kappa shape index (κ3) is 3.87. The Hall–Kier alpha value is -0.673. The van der Waals surface area contributed by atoms with Gasteiger partial charge in [-0.25, -0.2) is 0 Å². The van der Waals surface area contributed by atoms with E-state index in [9.17, 15) is 4.79 Å². The molecule has 0 aliphatic heterocycles. The molecule has 2 atom stereocenters. The highest BCUT2D eigenvalue weighted by molar-refractivity contribution is 6.74. The first-order valence-electron chi connectivity index (χ1n) is 10.3. The zero-order valence-electron chi connectivity index (χ0n) is 16.9. The Morgan fingerprint density at radius 3 is 2.68 bits per heavy atom. The average molecular weight is 361 g/mol. The number of rotatable bonds is 5. The number of carbonyl (C=O) groups is 1. The third-order valence-electron chi connectivity index (χ3n) is 7.15. The van der Waals surface area contributed by atoms with Crippen molar-refractivity contribution < 1.29 is 9.22 Å². The normalized spacial score (nSPS) is 27.2. The Morgan fingerprint density at radius 1 is 1.20 bits per heavy atom. The summed E-state index contributed by atoms with van der Waals surface area (Å²) in [6, 6.07) is 0. The smallest absolute Gasteiger partial charge is 0.191 e. The largest absolute Gasteiger partial charge is 0.417 e. The van der Waals surface area contributed by atoms with Crippen LogP contribution in [0, 0.1) is 11.8 Å². The van der Waals surface area contributed by atoms with Crippen LogP contribution in [-0.2, 0) is 9.22 Å². The van der Waals surface area contributed by atoms with Crippen LogP contribution >= 0.6 is 0 Å². The SMILES string of the molecule is CC(C)(C)[Si](C)(C)OCCCC1=C2C(=O)CCC[C@H]3CCC(=CC1)C23. The third-order valence-corrected chi connectivity index (χ3v) is 11.7. The van der Waals surface area contributed by atoms with Gasteiger partial charge >= 0.3 is 0 Å². The molecular formula is C22H36O2Si. The summed E-state index contributed by atoms with van der Waals surface area (Å²) in [6.45, 7) is 12.4. The first-order chi connectivity index (χ1) is 11.7. The molecule has 1 unspecified atom stereocenters. The summed E-state index contributed by atoms with van der Waals surface area (Å²) in [7, 11) is -1.65. The number of Topliss-reactive ketones (excluding diaryl/α,β-unsaturated/α-hetero) is 1. The van der Waals surface area contributed by atoms with Crippen LogP contribution in [0.25, 0.3) is 0 Å². The maximum atomic E-state index is 12.8. The zero-order valence-corrected chi connectivity index (χ0v) is 17.9. The van der Waals surface area contributed by atoms with Crippen molar-refractivity contribution in [1.82, 2.24) is 0 Å². The highest BCUT2D eigenvalue weighted by Crippen LogP contribution is 2.50. The minimum Gasteiger partial charge on any atom is -0.417 e. The molecule has 0 aromatic heterocycles. The number of hydrogen-bond donors (Lipinski definition) is 0. The van der Waals surface area contributed by atoms with E-state index in [1.54, 1.807) is 5.57 Å². The molecular weight excluding hydrogens is 324 g/mol. The van der Waals surface area contributed by atoms with E-state index in [1.807, 2.05) is 0 Å². The summed E-state index contributed by atoms with van der Waals surface area (Å²) >= 11 is 0. The summed E-state index contributed by atoms with van der Waals surface area (Å²) in [5.41, 5.74) is 4.26. The van der Waals surface area contributed by atoms with Gasteiger partial charge in [0.05, 0.1) is 0 Å². The predicted molar refractivity (Wildman–Crippen MR) is 107 cm³/mol. The summed E-state index contributed by atoms with van der Waals surface area (Å²) in [4.78, 5) is 12.8. The van der Waals surface area contributed by atoms with Crippen molar-refractivity contribution in [3.05, 3.63) is 22.8 Å². The number of hydrogen-bond acceptors (Lipinski definition) is 2. The van der Waals surface area contributed by atoms with E-state index in [0.29, 0.717) is 11.7 Å². The molecule has 0 heterocycles. The minimum atomic E-state index is -1.65. The standard InChI is InChI=1S/C22H36O2Si/c1-22(2,3)25(4,5)24-15-7-9-17-12-14-18-13-11-16-8-6-10-19(23)21(17)20(16)18/h14,16,20H,6-13,15H2,1-5H3/t16-,20?/m0/s1. The van der Waals surface area contributed by atoms with Crippen LogP contribution in [0.5, 0.6) is 0 Å². The van der Waals surface area contributed by atoms with E-state index in [2.05, 4.69) is 39.9 Å². The van der Waals surface area contributed by atoms with Gasteiger partial charge in [0, 0.05) is 24.5 Å². The van der Waals surface area contributed by atoms with Gasteiger partial charge in [-0.3, -0.25) is 4.79 Å². The van der Waals surface area contributed by atoms with Crippen molar-refractivity contribution >= 4 is 14.1 Å². The van der Waals surface area contributed by atoms with Gasteiger partial charge in [0.1, 0.15) is 0 Å². The zero-order chi connectivity index (χ0) is 18.2. The van der Waals surface area contributed by atoms with Gasteiger partial charge < -0.3 is 4.43 Å². The number of carbonyl (C=O) groups excluding carboxylic acids is 1. The maximum absolute atomic E-state index is 12.8. The molecule has 3 rings (SSSR count). The second kappa shape index (κ2) is 7.15. The van der Waals surface area contributed by atoms with Crippen molar-refractivity contribution in [3.8, 4) is 0 Å². The molecule has 0 aromatic carbocycles. The highest BCUT2D eigenvalue weighted by atomic mass is 28.4. The lowest BCUT2D eigenvalue weighted by atomic mass is 9.77. The lowest BCUT2D eigenvalue weighted by Gasteiger charge is -2.36. The predicted octanol–water partition coefficient (Wildman–Crippen LogP) is 6.19. The fourth-order valence-corrected chi connectivity index (χ4v) is 5.71. The fourth-order valence-electron chi connectivity index (χ4n) is 4.62. The minimum absolute atomic E-state index is 0.270. The van der Waals surface area contributed by atoms with E-state index in [4.69, 9.17) is 4.43 Å². The molecule has 3 heteroatoms. The van der Waals surface area contributed by atoms with E-state index in [1.165, 1.54) is 30.4 Å². The summed E-state index contributed by atoms with van der Waals surface area (Å²) in [6.07, 6.45) is 11.2. The van der Waals surface area contributed by atoms with Gasteiger partial charge in [0.15, 0.2) is 14.1 Å². The summed E-state index contributed by atoms with van der Waals surface area (Å²) in [5, 5.41) is 0.270. The molecule has 0 amide bonds. The van der Waals surface area contributed by atoms with Crippen LogP contribution in [0.3, 0.4) is 0 Å². The molecule has 0 N–H and O–H groups in total. The molecule has 0 radical (unpaired) electrons. The first-order valence-corrected chi connectivity index (χ1v) is 13.2. The second-order valence-corrected chi connectivity index (χ2v) is 14.6. The molecule has 2 fully saturated rings. The Kier molecular flexibility index (Phi) is 5.46. The summed E-state index contributed by atoms with van der Waals surface area (Å²) in [5.74, 6) is 1.69. The lowest BCUT2D eigenvalue weighted by molar-refractivity contribution is -0.115. The van der Waals surface area contributed by atoms with Gasteiger partial charge in [-0.15, -0.1) is 0 Å². The van der Waals surface area contributed by atoms with Crippen LogP contribution in [-0.4, -0.2) is 20.7 Å². The van der Waals surface area contributed by atoms with Crippen LogP contribution < -0.4 is 0 Å². The Balaban J connectivity index is 1.65. The van der Waals surface area contributed by atoms with Crippen molar-refractivity contribution in [1.29, 1.82) is 0 Å². The fraction of sp³-hybridized carbons (Fsp3) is 0.773. The molecule has 140 valence electrons. The van der Waals surface area contributed by atoms with E-state index >= 15 is 0 Å². The van der Waals surface area contributed by atoms with Crippen molar-refractivity contribution in [2.45, 2.75) is 90.3 Å². The van der Waals surface area contributed by atoms with Gasteiger partial charge in [-0.2, -0.15) is 0 Å². The van der Waals surface area contributed by atoms with Crippen molar-refractivity contribution in [2.24, 2.45) is 11.8 Å². The van der Waals surface area contributed by atoms with Gasteiger partial charge in [-0.05, 0) is 69.0 Å². The molecule has 0 saturated heterocycles. The highest BCUT2D eigenvalue weighted by Gasteiger charge is 2.41. The molecule has 25 heavy (non-hydrogen) atoms. The van der Waals surface area contributed by atoms with Crippen LogP contribution in [0.15, 0.2) is 22.8 Å². The van der Waals surface area contributed by atoms with Crippen LogP contribution in [0.1, 0.15) is 72.1 Å². The first kappa shape index (κ1) is 19.1. The number of allylic oxidation sites excluding steroid dienone is 4. The molecule has 0 aromatic rings. The van der Waals surface area contributed by atoms with E-state index in [-0.39, 0.29) is 5.04 Å². The van der Waals surface area contributed by atoms with E-state index in [0.717, 1.165) is 44.6 Å². The lowest BCUT2D eigenvalue weighted by Crippen LogP contribution is -2.41. The molecule has 0 bridgehead atoms. The maximum Gasteiger partial charge on any atom is 0.191 e. The quantitative estimate of drug-likeness (QED) is 0.332. The molecule has 3 aliphatic carbocycles. The Labute approximate surface area is 155 Å². The topological polar surface area (TPSA) is 26.3 Å². The van der Waals surface area contributed by atoms with Crippen molar-refractivity contribution in [2.75, 3.05) is 6.61 Å². The molecule has 2 saturated carbocycles. The van der Waals surface area contributed by atoms with Crippen molar-refractivity contribution in [3.63, 3.8) is 0 Å². The molecule has 2 nitrogen and oxygen atoms in total. The van der Waals surface area contributed by atoms with E-state index < -0.39 is 8.32 Å². The second-order valence-electron chi connectivity index (χ2n) is 9.80. The molecule has 3 aliphatic rings. The average Bonchev–Trinajstić information content (AvgIpc) is 2.85. The Morgan fingerprint density at radius 2 is 1.96 bits per heavy atom. The summed E-state index contributed by atoms with van der Waals surface area (Å²) < 4.78 is 6.34.